The number of aryl methyl sites for hydroxylation is 1. The summed E-state index contributed by atoms with van der Waals surface area (Å²) in [5.74, 6) is -0.953. The van der Waals surface area contributed by atoms with Crippen molar-refractivity contribution in [3.05, 3.63) is 59.2 Å². The average molecular weight is 611 g/mol. The minimum absolute atomic E-state index is 0.0400. The molecule has 2 aromatic carbocycles. The summed E-state index contributed by atoms with van der Waals surface area (Å²) in [6, 6.07) is 13.1. The first-order valence-corrected chi connectivity index (χ1v) is 18.1. The minimum atomic E-state index is -3.22. The fraction of sp³-hybridized carbons (Fsp3) is 0.600. The highest BCUT2D eigenvalue weighted by atomic mass is 32.2. The number of amides is 1. The maximum absolute atomic E-state index is 13.6. The maximum atomic E-state index is 13.6. The van der Waals surface area contributed by atoms with Gasteiger partial charge < -0.3 is 10.4 Å². The SMILES string of the molecule is Cc1ccccc1-c1cc(CN(C(C)C)C2(CC3CCCCC3)CCC2)ccc1C(=O)N[C@@H](CCCS(C)(=O)=O)C(=O)O. The lowest BCUT2D eigenvalue weighted by Gasteiger charge is -2.54. The van der Waals surface area contributed by atoms with Crippen molar-refractivity contribution < 1.29 is 23.1 Å². The molecule has 8 heteroatoms. The van der Waals surface area contributed by atoms with Gasteiger partial charge in [0.05, 0.1) is 0 Å². The van der Waals surface area contributed by atoms with Crippen LogP contribution in [0.4, 0.5) is 0 Å². The van der Waals surface area contributed by atoms with Gasteiger partial charge in [0.15, 0.2) is 0 Å². The third-order valence-electron chi connectivity index (χ3n) is 9.64. The predicted octanol–water partition coefficient (Wildman–Crippen LogP) is 6.77. The number of sulfone groups is 1. The molecule has 2 saturated carbocycles. The molecular weight excluding hydrogens is 560 g/mol. The van der Waals surface area contributed by atoms with Gasteiger partial charge in [-0.3, -0.25) is 9.69 Å². The Morgan fingerprint density at radius 2 is 1.72 bits per heavy atom. The van der Waals surface area contributed by atoms with E-state index in [4.69, 9.17) is 0 Å². The Labute approximate surface area is 258 Å². The van der Waals surface area contributed by atoms with Gasteiger partial charge in [-0.1, -0.05) is 62.4 Å². The van der Waals surface area contributed by atoms with E-state index in [1.807, 2.05) is 43.3 Å². The molecule has 4 rings (SSSR count). The van der Waals surface area contributed by atoms with Crippen LogP contribution in [0.3, 0.4) is 0 Å². The van der Waals surface area contributed by atoms with Gasteiger partial charge in [-0.05, 0) is 99.6 Å². The van der Waals surface area contributed by atoms with Crippen LogP contribution in [0.1, 0.15) is 106 Å². The van der Waals surface area contributed by atoms with Gasteiger partial charge in [0.2, 0.25) is 0 Å². The van der Waals surface area contributed by atoms with Crippen LogP contribution in [0.2, 0.25) is 0 Å². The van der Waals surface area contributed by atoms with E-state index in [-0.39, 0.29) is 24.1 Å². The van der Waals surface area contributed by atoms with Crippen molar-refractivity contribution in [1.82, 2.24) is 10.2 Å². The van der Waals surface area contributed by atoms with Gasteiger partial charge in [-0.25, -0.2) is 13.2 Å². The number of aliphatic carboxylic acids is 1. The molecule has 2 fully saturated rings. The summed E-state index contributed by atoms with van der Waals surface area (Å²) in [6.07, 6.45) is 13.1. The normalized spacial score (nSPS) is 17.9. The molecule has 236 valence electrons. The largest absolute Gasteiger partial charge is 0.480 e. The van der Waals surface area contributed by atoms with Crippen molar-refractivity contribution in [2.24, 2.45) is 5.92 Å². The first kappa shape index (κ1) is 33.2. The summed E-state index contributed by atoms with van der Waals surface area (Å²) in [5, 5.41) is 12.4. The zero-order valence-corrected chi connectivity index (χ0v) is 27.2. The number of carboxylic acid groups (broad SMARTS) is 1. The number of nitrogens with zero attached hydrogens (tertiary/aromatic N) is 1. The zero-order chi connectivity index (χ0) is 31.2. The van der Waals surface area contributed by atoms with Crippen molar-refractivity contribution in [2.45, 2.75) is 116 Å². The Balaban J connectivity index is 1.62. The zero-order valence-electron chi connectivity index (χ0n) is 26.4. The van der Waals surface area contributed by atoms with E-state index in [0.717, 1.165) is 41.0 Å². The summed E-state index contributed by atoms with van der Waals surface area (Å²) >= 11 is 0. The summed E-state index contributed by atoms with van der Waals surface area (Å²) in [6.45, 7) is 7.40. The topological polar surface area (TPSA) is 104 Å². The number of hydrogen-bond donors (Lipinski definition) is 2. The van der Waals surface area contributed by atoms with Crippen LogP contribution in [-0.4, -0.2) is 59.9 Å². The molecule has 0 aliphatic heterocycles. The van der Waals surface area contributed by atoms with Crippen molar-refractivity contribution in [3.8, 4) is 11.1 Å². The van der Waals surface area contributed by atoms with E-state index in [9.17, 15) is 23.1 Å². The molecule has 0 bridgehead atoms. The Kier molecular flexibility index (Phi) is 11.1. The highest BCUT2D eigenvalue weighted by Gasteiger charge is 2.44. The van der Waals surface area contributed by atoms with Crippen LogP contribution in [0.5, 0.6) is 0 Å². The second kappa shape index (κ2) is 14.4. The van der Waals surface area contributed by atoms with Gasteiger partial charge in [-0.2, -0.15) is 0 Å². The molecule has 43 heavy (non-hydrogen) atoms. The average Bonchev–Trinajstić information content (AvgIpc) is 2.93. The number of hydrogen-bond acceptors (Lipinski definition) is 5. The van der Waals surface area contributed by atoms with Gasteiger partial charge in [0, 0.05) is 35.7 Å². The van der Waals surface area contributed by atoms with Gasteiger partial charge in [0.1, 0.15) is 15.9 Å². The number of rotatable bonds is 14. The lowest BCUT2D eigenvalue weighted by molar-refractivity contribution is -0.139. The Morgan fingerprint density at radius 3 is 2.30 bits per heavy atom. The van der Waals surface area contributed by atoms with Crippen molar-refractivity contribution in [2.75, 3.05) is 12.0 Å². The van der Waals surface area contributed by atoms with Crippen LogP contribution in [0, 0.1) is 12.8 Å². The van der Waals surface area contributed by atoms with Crippen molar-refractivity contribution >= 4 is 21.7 Å². The molecular formula is C35H50N2O5S. The lowest BCUT2D eigenvalue weighted by atomic mass is 9.67. The van der Waals surface area contributed by atoms with Crippen LogP contribution in [0.15, 0.2) is 42.5 Å². The molecule has 2 aliphatic rings. The molecule has 2 aromatic rings. The molecule has 1 atom stereocenters. The highest BCUT2D eigenvalue weighted by molar-refractivity contribution is 7.90. The molecule has 2 aliphatic carbocycles. The first-order chi connectivity index (χ1) is 20.4. The van der Waals surface area contributed by atoms with Gasteiger partial charge in [0.25, 0.3) is 5.91 Å². The first-order valence-electron chi connectivity index (χ1n) is 16.1. The molecule has 0 unspecified atom stereocenters. The molecule has 0 spiro atoms. The minimum Gasteiger partial charge on any atom is -0.480 e. The molecule has 1 amide bonds. The second-order valence-corrected chi connectivity index (χ2v) is 15.6. The fourth-order valence-corrected chi connectivity index (χ4v) is 7.94. The van der Waals surface area contributed by atoms with E-state index in [1.165, 1.54) is 57.8 Å². The summed E-state index contributed by atoms with van der Waals surface area (Å²) in [4.78, 5) is 28.3. The standard InChI is InChI=1S/C35H50N2O5S/c1-25(2)37(35(19-11-20-35)23-27-13-6-5-7-14-27)24-28-17-18-30(31(22-28)29-15-9-8-12-26(29)3)33(38)36-32(34(39)40)16-10-21-43(4,41)42/h8-9,12,15,17-18,22,25,27,32H,5-7,10-11,13-14,16,19-21,23-24H2,1-4H3,(H,36,38)(H,39,40)/t32-/m0/s1. The van der Waals surface area contributed by atoms with E-state index >= 15 is 0 Å². The van der Waals surface area contributed by atoms with Crippen molar-refractivity contribution in [3.63, 3.8) is 0 Å². The Hall–Kier alpha value is -2.71. The number of carbonyl (C=O) groups excluding carboxylic acids is 1. The van der Waals surface area contributed by atoms with Gasteiger partial charge >= 0.3 is 5.97 Å². The van der Waals surface area contributed by atoms with Crippen molar-refractivity contribution in [1.29, 1.82) is 0 Å². The van der Waals surface area contributed by atoms with Crippen LogP contribution in [0.25, 0.3) is 11.1 Å². The van der Waals surface area contributed by atoms with E-state index in [0.29, 0.717) is 11.6 Å². The van der Waals surface area contributed by atoms with E-state index in [1.54, 1.807) is 0 Å². The Bertz CT molecular complexity index is 1380. The smallest absolute Gasteiger partial charge is 0.326 e. The molecule has 7 nitrogen and oxygen atoms in total. The predicted molar refractivity (Wildman–Crippen MR) is 173 cm³/mol. The quantitative estimate of drug-likeness (QED) is 0.245. The summed E-state index contributed by atoms with van der Waals surface area (Å²) in [5.41, 5.74) is 4.55. The van der Waals surface area contributed by atoms with E-state index < -0.39 is 27.8 Å². The molecule has 0 radical (unpaired) electrons. The lowest BCUT2D eigenvalue weighted by Crippen LogP contribution is -2.57. The number of benzene rings is 2. The number of nitrogens with one attached hydrogen (secondary N) is 1. The maximum Gasteiger partial charge on any atom is 0.326 e. The van der Waals surface area contributed by atoms with Crippen LogP contribution >= 0.6 is 0 Å². The molecule has 0 heterocycles. The third kappa shape index (κ3) is 8.69. The van der Waals surface area contributed by atoms with Gasteiger partial charge in [-0.15, -0.1) is 0 Å². The number of carboxylic acids is 1. The third-order valence-corrected chi connectivity index (χ3v) is 10.7. The molecule has 0 aromatic heterocycles. The molecule has 0 saturated heterocycles. The fourth-order valence-electron chi connectivity index (χ4n) is 7.25. The monoisotopic (exact) mass is 610 g/mol. The summed E-state index contributed by atoms with van der Waals surface area (Å²) in [7, 11) is -3.22. The van der Waals surface area contributed by atoms with Crippen LogP contribution in [-0.2, 0) is 21.2 Å². The number of carbonyl (C=O) groups is 2. The Morgan fingerprint density at radius 1 is 1.02 bits per heavy atom. The second-order valence-electron chi connectivity index (χ2n) is 13.3. The van der Waals surface area contributed by atoms with Crippen LogP contribution < -0.4 is 5.32 Å². The van der Waals surface area contributed by atoms with E-state index in [2.05, 4.69) is 30.1 Å². The molecule has 2 N–H and O–H groups in total. The highest BCUT2D eigenvalue weighted by Crippen LogP contribution is 2.47. The summed E-state index contributed by atoms with van der Waals surface area (Å²) < 4.78 is 23.1.